The highest BCUT2D eigenvalue weighted by Crippen LogP contribution is 2.32. The Morgan fingerprint density at radius 1 is 1.38 bits per heavy atom. The van der Waals surface area contributed by atoms with Gasteiger partial charge in [0.25, 0.3) is 5.69 Å². The summed E-state index contributed by atoms with van der Waals surface area (Å²) in [4.78, 5) is 10.1. The van der Waals surface area contributed by atoms with Crippen molar-refractivity contribution in [2.24, 2.45) is 0 Å². The summed E-state index contributed by atoms with van der Waals surface area (Å²) in [6, 6.07) is 8.46. The summed E-state index contributed by atoms with van der Waals surface area (Å²) < 4.78 is 19.3. The molecule has 0 saturated heterocycles. The predicted octanol–water partition coefficient (Wildman–Crippen LogP) is 3.90. The van der Waals surface area contributed by atoms with Crippen molar-refractivity contribution in [2.75, 3.05) is 7.05 Å². The van der Waals surface area contributed by atoms with E-state index in [2.05, 4.69) is 5.32 Å². The minimum atomic E-state index is -0.583. The van der Waals surface area contributed by atoms with Crippen LogP contribution in [0.4, 0.5) is 10.1 Å². The van der Waals surface area contributed by atoms with Gasteiger partial charge in [-0.3, -0.25) is 10.1 Å². The predicted molar refractivity (Wildman–Crippen MR) is 77.3 cm³/mol. The molecule has 0 fully saturated rings. The minimum Gasteiger partial charge on any atom is -0.457 e. The van der Waals surface area contributed by atoms with Gasteiger partial charge in [0.1, 0.15) is 22.3 Å². The molecule has 0 spiro atoms. The lowest BCUT2D eigenvalue weighted by Crippen LogP contribution is -2.08. The first-order chi connectivity index (χ1) is 10.0. The molecule has 5 nitrogen and oxygen atoms in total. The van der Waals surface area contributed by atoms with E-state index in [1.54, 1.807) is 13.1 Å². The van der Waals surface area contributed by atoms with E-state index in [1.807, 2.05) is 0 Å². The van der Waals surface area contributed by atoms with Crippen LogP contribution in [0.5, 0.6) is 11.5 Å². The standard InChI is InChI=1S/C14H12ClFN2O3/c1-17-8-10-12(16)3-2-4-14(10)21-9-5-6-13(18(19)20)11(15)7-9/h2-7,17H,8H2,1H3. The summed E-state index contributed by atoms with van der Waals surface area (Å²) in [6.45, 7) is 0.294. The lowest BCUT2D eigenvalue weighted by Gasteiger charge is -2.12. The lowest BCUT2D eigenvalue weighted by molar-refractivity contribution is -0.384. The number of nitrogens with one attached hydrogen (secondary N) is 1. The van der Waals surface area contributed by atoms with Gasteiger partial charge in [0.2, 0.25) is 0 Å². The van der Waals surface area contributed by atoms with E-state index in [9.17, 15) is 14.5 Å². The first-order valence-electron chi connectivity index (χ1n) is 6.06. The zero-order valence-corrected chi connectivity index (χ0v) is 11.9. The van der Waals surface area contributed by atoms with E-state index < -0.39 is 10.7 Å². The van der Waals surface area contributed by atoms with Gasteiger partial charge in [-0.05, 0) is 25.2 Å². The normalized spacial score (nSPS) is 10.4. The molecule has 0 aliphatic carbocycles. The van der Waals surface area contributed by atoms with Crippen molar-refractivity contribution in [3.05, 3.63) is 62.9 Å². The summed E-state index contributed by atoms with van der Waals surface area (Å²) in [5.41, 5.74) is 0.160. The van der Waals surface area contributed by atoms with Crippen LogP contribution in [0.1, 0.15) is 5.56 Å². The molecule has 110 valence electrons. The first-order valence-corrected chi connectivity index (χ1v) is 6.44. The average molecular weight is 311 g/mol. The zero-order chi connectivity index (χ0) is 15.4. The Bertz CT molecular complexity index is 679. The molecule has 0 amide bonds. The molecule has 0 unspecified atom stereocenters. The van der Waals surface area contributed by atoms with Crippen LogP contribution >= 0.6 is 11.6 Å². The van der Waals surface area contributed by atoms with Crippen LogP contribution in [-0.4, -0.2) is 12.0 Å². The fraction of sp³-hybridized carbons (Fsp3) is 0.143. The van der Waals surface area contributed by atoms with Crippen molar-refractivity contribution in [1.29, 1.82) is 0 Å². The van der Waals surface area contributed by atoms with Gasteiger partial charge in [-0.1, -0.05) is 17.7 Å². The fourth-order valence-corrected chi connectivity index (χ4v) is 2.05. The van der Waals surface area contributed by atoms with Crippen molar-refractivity contribution in [2.45, 2.75) is 6.54 Å². The number of ether oxygens (including phenoxy) is 1. The fourth-order valence-electron chi connectivity index (χ4n) is 1.81. The third kappa shape index (κ3) is 3.48. The van der Waals surface area contributed by atoms with Crippen molar-refractivity contribution in [1.82, 2.24) is 5.32 Å². The van der Waals surface area contributed by atoms with Crippen molar-refractivity contribution < 1.29 is 14.1 Å². The number of nitrogens with zero attached hydrogens (tertiary/aromatic N) is 1. The molecule has 0 aromatic heterocycles. The van der Waals surface area contributed by atoms with E-state index >= 15 is 0 Å². The van der Waals surface area contributed by atoms with Gasteiger partial charge in [-0.15, -0.1) is 0 Å². The highest BCUT2D eigenvalue weighted by molar-refractivity contribution is 6.32. The van der Waals surface area contributed by atoms with Crippen LogP contribution in [0, 0.1) is 15.9 Å². The van der Waals surface area contributed by atoms with Gasteiger partial charge >= 0.3 is 0 Å². The largest absolute Gasteiger partial charge is 0.457 e. The maximum Gasteiger partial charge on any atom is 0.288 e. The molecule has 0 bridgehead atoms. The maximum absolute atomic E-state index is 13.8. The quantitative estimate of drug-likeness (QED) is 0.672. The molecular weight excluding hydrogens is 299 g/mol. The van der Waals surface area contributed by atoms with Crippen LogP contribution < -0.4 is 10.1 Å². The van der Waals surface area contributed by atoms with E-state index in [-0.39, 0.29) is 10.7 Å². The van der Waals surface area contributed by atoms with E-state index in [0.29, 0.717) is 23.6 Å². The second-order valence-electron chi connectivity index (χ2n) is 4.22. The van der Waals surface area contributed by atoms with E-state index in [0.717, 1.165) is 0 Å². The average Bonchev–Trinajstić information content (AvgIpc) is 2.42. The molecule has 21 heavy (non-hydrogen) atoms. The lowest BCUT2D eigenvalue weighted by atomic mass is 10.2. The topological polar surface area (TPSA) is 64.4 Å². The molecule has 2 rings (SSSR count). The molecule has 2 aromatic rings. The molecule has 2 aromatic carbocycles. The third-order valence-corrected chi connectivity index (χ3v) is 3.08. The Labute approximate surface area is 125 Å². The third-order valence-electron chi connectivity index (χ3n) is 2.77. The summed E-state index contributed by atoms with van der Waals surface area (Å²) in [5, 5.41) is 13.5. The molecule has 0 aliphatic heterocycles. The molecule has 0 radical (unpaired) electrons. The number of benzene rings is 2. The Balaban J connectivity index is 2.32. The number of nitro groups is 1. The summed E-state index contributed by atoms with van der Waals surface area (Å²) in [5.74, 6) is 0.234. The molecular formula is C14H12ClFN2O3. The Kier molecular flexibility index (Phi) is 4.72. The monoisotopic (exact) mass is 310 g/mol. The SMILES string of the molecule is CNCc1c(F)cccc1Oc1ccc([N+](=O)[O-])c(Cl)c1. The van der Waals surface area contributed by atoms with Gasteiger partial charge in [0, 0.05) is 24.2 Å². The summed E-state index contributed by atoms with van der Waals surface area (Å²) in [6.07, 6.45) is 0. The molecule has 1 N–H and O–H groups in total. The van der Waals surface area contributed by atoms with Crippen molar-refractivity contribution >= 4 is 17.3 Å². The Hall–Kier alpha value is -2.18. The second kappa shape index (κ2) is 6.51. The van der Waals surface area contributed by atoms with Crippen molar-refractivity contribution in [3.8, 4) is 11.5 Å². The number of hydrogen-bond acceptors (Lipinski definition) is 4. The van der Waals surface area contributed by atoms with Gasteiger partial charge in [0.05, 0.1) is 4.92 Å². The van der Waals surface area contributed by atoms with Crippen LogP contribution in [0.15, 0.2) is 36.4 Å². The molecule has 0 saturated carbocycles. The van der Waals surface area contributed by atoms with E-state index in [1.165, 1.54) is 30.3 Å². The summed E-state index contributed by atoms with van der Waals surface area (Å²) >= 11 is 5.81. The summed E-state index contributed by atoms with van der Waals surface area (Å²) in [7, 11) is 1.69. The highest BCUT2D eigenvalue weighted by Gasteiger charge is 2.14. The number of hydrogen-bond donors (Lipinski definition) is 1. The van der Waals surface area contributed by atoms with Crippen molar-refractivity contribution in [3.63, 3.8) is 0 Å². The zero-order valence-electron chi connectivity index (χ0n) is 11.1. The van der Waals surface area contributed by atoms with Crippen LogP contribution in [-0.2, 0) is 6.54 Å². The molecule has 0 aliphatic rings. The molecule has 0 atom stereocenters. The smallest absolute Gasteiger partial charge is 0.288 e. The Morgan fingerprint density at radius 2 is 2.14 bits per heavy atom. The van der Waals surface area contributed by atoms with E-state index in [4.69, 9.17) is 16.3 Å². The van der Waals surface area contributed by atoms with Gasteiger partial charge in [-0.2, -0.15) is 0 Å². The minimum absolute atomic E-state index is 0.0379. The van der Waals surface area contributed by atoms with Crippen LogP contribution in [0.3, 0.4) is 0 Å². The van der Waals surface area contributed by atoms with Gasteiger partial charge in [-0.25, -0.2) is 4.39 Å². The number of nitro benzene ring substituents is 1. The second-order valence-corrected chi connectivity index (χ2v) is 4.63. The van der Waals surface area contributed by atoms with Gasteiger partial charge in [0.15, 0.2) is 0 Å². The Morgan fingerprint density at radius 3 is 2.76 bits per heavy atom. The molecule has 7 heteroatoms. The van der Waals surface area contributed by atoms with Crippen LogP contribution in [0.25, 0.3) is 0 Å². The number of halogens is 2. The van der Waals surface area contributed by atoms with Gasteiger partial charge < -0.3 is 10.1 Å². The van der Waals surface area contributed by atoms with Crippen LogP contribution in [0.2, 0.25) is 5.02 Å². The highest BCUT2D eigenvalue weighted by atomic mass is 35.5. The first kappa shape index (κ1) is 15.2. The maximum atomic E-state index is 13.8. The number of rotatable bonds is 5. The molecule has 0 heterocycles.